The van der Waals surface area contributed by atoms with Crippen LogP contribution in [0.4, 0.5) is 10.3 Å². The molecule has 0 spiro atoms. The Hall–Kier alpha value is -1.13. The minimum Gasteiger partial charge on any atom is -0.365 e. The lowest BCUT2D eigenvalue weighted by Gasteiger charge is -2.36. The van der Waals surface area contributed by atoms with Crippen LogP contribution in [-0.2, 0) is 0 Å². The molecule has 0 radical (unpaired) electrons. The standard InChI is InChI=1S/C7H10FN3O/c1-7(8)2-4(3-7)5-10-6(9)11-12-5/h4H,2-3H2,1H3,(H2,9,11)/t4-,7+. The summed E-state index contributed by atoms with van der Waals surface area (Å²) < 4.78 is 17.8. The van der Waals surface area contributed by atoms with E-state index in [2.05, 4.69) is 10.1 Å². The molecule has 5 heteroatoms. The van der Waals surface area contributed by atoms with E-state index in [9.17, 15) is 4.39 Å². The van der Waals surface area contributed by atoms with Gasteiger partial charge in [-0.15, -0.1) is 0 Å². The molecule has 1 aromatic heterocycles. The Kier molecular flexibility index (Phi) is 1.37. The lowest BCUT2D eigenvalue weighted by molar-refractivity contribution is 0.0481. The second-order valence-electron chi connectivity index (χ2n) is 3.51. The number of aromatic nitrogens is 2. The molecule has 4 nitrogen and oxygen atoms in total. The van der Waals surface area contributed by atoms with Crippen molar-refractivity contribution in [2.45, 2.75) is 31.4 Å². The van der Waals surface area contributed by atoms with Gasteiger partial charge in [0.2, 0.25) is 5.89 Å². The highest BCUT2D eigenvalue weighted by Gasteiger charge is 2.44. The molecule has 0 atom stereocenters. The van der Waals surface area contributed by atoms with Crippen LogP contribution in [0, 0.1) is 0 Å². The van der Waals surface area contributed by atoms with Crippen molar-refractivity contribution in [3.8, 4) is 0 Å². The van der Waals surface area contributed by atoms with Crippen molar-refractivity contribution >= 4 is 5.95 Å². The minimum atomic E-state index is -1.06. The molecule has 0 unspecified atom stereocenters. The normalized spacial score (nSPS) is 34.7. The smallest absolute Gasteiger partial charge is 0.260 e. The summed E-state index contributed by atoms with van der Waals surface area (Å²) in [5.74, 6) is 0.643. The summed E-state index contributed by atoms with van der Waals surface area (Å²) in [6.07, 6.45) is 0.906. The predicted octanol–water partition coefficient (Wildman–Crippen LogP) is 1.26. The van der Waals surface area contributed by atoms with Crippen LogP contribution in [0.3, 0.4) is 0 Å². The van der Waals surface area contributed by atoms with Gasteiger partial charge in [-0.2, -0.15) is 4.98 Å². The maximum Gasteiger partial charge on any atom is 0.260 e. The van der Waals surface area contributed by atoms with E-state index in [1.165, 1.54) is 0 Å². The minimum absolute atomic E-state index is 0.0600. The maximum absolute atomic E-state index is 13.0. The molecule has 2 N–H and O–H groups in total. The van der Waals surface area contributed by atoms with Crippen LogP contribution in [0.25, 0.3) is 0 Å². The summed E-state index contributed by atoms with van der Waals surface area (Å²) in [4.78, 5) is 3.83. The number of halogens is 1. The average molecular weight is 171 g/mol. The van der Waals surface area contributed by atoms with E-state index in [1.54, 1.807) is 6.92 Å². The highest BCUT2D eigenvalue weighted by molar-refractivity contribution is 5.15. The highest BCUT2D eigenvalue weighted by Crippen LogP contribution is 2.46. The van der Waals surface area contributed by atoms with Crippen LogP contribution in [0.15, 0.2) is 4.52 Å². The molecule has 1 fully saturated rings. The molecule has 1 aliphatic rings. The monoisotopic (exact) mass is 171 g/mol. The first-order valence-electron chi connectivity index (χ1n) is 3.85. The molecule has 0 aromatic carbocycles. The van der Waals surface area contributed by atoms with Gasteiger partial charge in [-0.3, -0.25) is 0 Å². The fourth-order valence-corrected chi connectivity index (χ4v) is 1.56. The van der Waals surface area contributed by atoms with E-state index in [1.807, 2.05) is 0 Å². The largest absolute Gasteiger partial charge is 0.365 e. The molecule has 1 saturated carbocycles. The lowest BCUT2D eigenvalue weighted by Crippen LogP contribution is -2.35. The predicted molar refractivity (Wildman–Crippen MR) is 40.2 cm³/mol. The van der Waals surface area contributed by atoms with E-state index in [4.69, 9.17) is 10.3 Å². The fourth-order valence-electron chi connectivity index (χ4n) is 1.56. The highest BCUT2D eigenvalue weighted by atomic mass is 19.1. The topological polar surface area (TPSA) is 64.9 Å². The van der Waals surface area contributed by atoms with E-state index >= 15 is 0 Å². The van der Waals surface area contributed by atoms with Gasteiger partial charge in [0.15, 0.2) is 0 Å². The summed E-state index contributed by atoms with van der Waals surface area (Å²) in [5.41, 5.74) is 4.19. The van der Waals surface area contributed by atoms with E-state index in [0.29, 0.717) is 18.7 Å². The second-order valence-corrected chi connectivity index (χ2v) is 3.51. The molecule has 0 saturated heterocycles. The Labute approximate surface area is 68.9 Å². The number of nitrogen functional groups attached to an aromatic ring is 1. The summed E-state index contributed by atoms with van der Waals surface area (Å²) in [6, 6.07) is 0. The zero-order chi connectivity index (χ0) is 8.77. The summed E-state index contributed by atoms with van der Waals surface area (Å²) >= 11 is 0. The number of rotatable bonds is 1. The number of alkyl halides is 1. The van der Waals surface area contributed by atoms with Gasteiger partial charge in [-0.05, 0) is 24.9 Å². The molecule has 1 aliphatic carbocycles. The lowest BCUT2D eigenvalue weighted by atomic mass is 9.73. The SMILES string of the molecule is C[C@]1(F)C[C@@H](c2nc(N)no2)C1. The molecular formula is C7H10FN3O. The summed E-state index contributed by atoms with van der Waals surface area (Å²) in [5, 5.41) is 3.44. The Bertz CT molecular complexity index is 289. The van der Waals surface area contributed by atoms with E-state index < -0.39 is 5.67 Å². The third-order valence-corrected chi connectivity index (χ3v) is 2.15. The van der Waals surface area contributed by atoms with Gasteiger partial charge in [-0.1, -0.05) is 0 Å². The third-order valence-electron chi connectivity index (χ3n) is 2.15. The molecule has 0 bridgehead atoms. The van der Waals surface area contributed by atoms with Crippen LogP contribution in [0.5, 0.6) is 0 Å². The second kappa shape index (κ2) is 2.18. The van der Waals surface area contributed by atoms with Crippen molar-refractivity contribution in [3.63, 3.8) is 0 Å². The summed E-state index contributed by atoms with van der Waals surface area (Å²) in [6.45, 7) is 1.57. The quantitative estimate of drug-likeness (QED) is 0.690. The van der Waals surface area contributed by atoms with Gasteiger partial charge in [0.1, 0.15) is 5.67 Å². The fraction of sp³-hybridized carbons (Fsp3) is 0.714. The number of hydrogen-bond donors (Lipinski definition) is 1. The molecule has 0 amide bonds. The summed E-state index contributed by atoms with van der Waals surface area (Å²) in [7, 11) is 0. The van der Waals surface area contributed by atoms with E-state index in [0.717, 1.165) is 0 Å². The van der Waals surface area contributed by atoms with Gasteiger partial charge in [0, 0.05) is 5.92 Å². The molecule has 1 aromatic rings. The first-order valence-corrected chi connectivity index (χ1v) is 3.85. The molecule has 2 rings (SSSR count). The number of anilines is 1. The number of nitrogens with two attached hydrogens (primary N) is 1. The van der Waals surface area contributed by atoms with Gasteiger partial charge < -0.3 is 10.3 Å². The molecule has 12 heavy (non-hydrogen) atoms. The molecular weight excluding hydrogens is 161 g/mol. The zero-order valence-corrected chi connectivity index (χ0v) is 6.75. The molecule has 1 heterocycles. The maximum atomic E-state index is 13.0. The van der Waals surface area contributed by atoms with Crippen molar-refractivity contribution in [2.24, 2.45) is 0 Å². The average Bonchev–Trinajstić information content (AvgIpc) is 2.30. The van der Waals surface area contributed by atoms with Crippen molar-refractivity contribution < 1.29 is 8.91 Å². The van der Waals surface area contributed by atoms with Crippen molar-refractivity contribution in [1.29, 1.82) is 0 Å². The van der Waals surface area contributed by atoms with Gasteiger partial charge in [-0.25, -0.2) is 4.39 Å². The van der Waals surface area contributed by atoms with Crippen molar-refractivity contribution in [3.05, 3.63) is 5.89 Å². The third kappa shape index (κ3) is 1.15. The van der Waals surface area contributed by atoms with Crippen LogP contribution in [0.2, 0.25) is 0 Å². The van der Waals surface area contributed by atoms with Gasteiger partial charge >= 0.3 is 0 Å². The Morgan fingerprint density at radius 1 is 1.67 bits per heavy atom. The van der Waals surface area contributed by atoms with Crippen LogP contribution >= 0.6 is 0 Å². The van der Waals surface area contributed by atoms with E-state index in [-0.39, 0.29) is 11.9 Å². The zero-order valence-electron chi connectivity index (χ0n) is 6.75. The van der Waals surface area contributed by atoms with Crippen LogP contribution in [-0.4, -0.2) is 15.8 Å². The number of nitrogens with zero attached hydrogens (tertiary/aromatic N) is 2. The Balaban J connectivity index is 2.06. The number of hydrogen-bond acceptors (Lipinski definition) is 4. The first kappa shape index (κ1) is 7.52. The van der Waals surface area contributed by atoms with Gasteiger partial charge in [0.25, 0.3) is 5.95 Å². The van der Waals surface area contributed by atoms with Crippen molar-refractivity contribution in [1.82, 2.24) is 10.1 Å². The van der Waals surface area contributed by atoms with Crippen LogP contribution < -0.4 is 5.73 Å². The Morgan fingerprint density at radius 3 is 2.75 bits per heavy atom. The van der Waals surface area contributed by atoms with Crippen LogP contribution in [0.1, 0.15) is 31.6 Å². The molecule has 66 valence electrons. The first-order chi connectivity index (χ1) is 5.57. The van der Waals surface area contributed by atoms with Gasteiger partial charge in [0.05, 0.1) is 0 Å². The Morgan fingerprint density at radius 2 is 2.33 bits per heavy atom. The molecule has 0 aliphatic heterocycles. The van der Waals surface area contributed by atoms with Crippen molar-refractivity contribution in [2.75, 3.05) is 5.73 Å².